The van der Waals surface area contributed by atoms with E-state index in [0.29, 0.717) is 5.75 Å². The van der Waals surface area contributed by atoms with Gasteiger partial charge in [-0.25, -0.2) is 16.8 Å². The van der Waals surface area contributed by atoms with Gasteiger partial charge < -0.3 is 5.11 Å². The van der Waals surface area contributed by atoms with Crippen LogP contribution in [-0.2, 0) is 30.9 Å². The van der Waals surface area contributed by atoms with Gasteiger partial charge in [-0.3, -0.25) is 0 Å². The van der Waals surface area contributed by atoms with Crippen molar-refractivity contribution >= 4 is 30.9 Å². The summed E-state index contributed by atoms with van der Waals surface area (Å²) in [6.07, 6.45) is -15.5. The molecule has 3 aromatic carbocycles. The topological polar surface area (TPSA) is 101 Å². The van der Waals surface area contributed by atoms with Gasteiger partial charge in [0.2, 0.25) is 0 Å². The van der Waals surface area contributed by atoms with Crippen molar-refractivity contribution in [3.05, 3.63) is 84.9 Å². The molecule has 0 spiro atoms. The summed E-state index contributed by atoms with van der Waals surface area (Å²) >= 11 is 0. The molecule has 0 aliphatic rings. The van der Waals surface area contributed by atoms with E-state index in [4.69, 9.17) is 0 Å². The third-order valence-electron chi connectivity index (χ3n) is 6.16. The monoisotopic (exact) mass is 860 g/mol. The van der Waals surface area contributed by atoms with Crippen LogP contribution in [0.4, 0.5) is 79.0 Å². The lowest BCUT2D eigenvalue weighted by Crippen LogP contribution is -2.68. The molecule has 298 valence electrons. The van der Waals surface area contributed by atoms with Crippen LogP contribution in [0.15, 0.2) is 99.6 Å². The Labute approximate surface area is 287 Å². The van der Waals surface area contributed by atoms with Crippen molar-refractivity contribution < 1.29 is 101 Å². The SMILES string of the molecule is O=S(=O)(NS(=O)(=O)C(F)(F)C(F)(F)C(F)(F)C(F)(F)F)C(F)(F)C(F)(F)C(F)(F)C(F)(F)F.Oc1ccc([S+](c2ccccc2)c2ccccc2)cc1. The summed E-state index contributed by atoms with van der Waals surface area (Å²) in [6.45, 7) is 0. The standard InChI is InChI=1S/C18H14OS.C8HF18NO4S2/c19-15-11-13-18(14-12-15)20(16-7-3-1-4-8-16)17-9-5-2-6-10-17;9-1(10,5(17,18)19)3(13,14)7(23,24)32(28,29)27-33(30,31)8(25,26)4(15,16)2(11,12)6(20,21)22/h1-14H;27H/p+1. The van der Waals surface area contributed by atoms with Crippen LogP contribution in [0.25, 0.3) is 0 Å². The Morgan fingerprint density at radius 1 is 0.415 bits per heavy atom. The summed E-state index contributed by atoms with van der Waals surface area (Å²) in [4.78, 5) is 3.77. The molecule has 0 fully saturated rings. The number of nitrogens with one attached hydrogen (secondary N) is 1. The third-order valence-corrected chi connectivity index (χ3v) is 12.0. The van der Waals surface area contributed by atoms with E-state index in [1.807, 2.05) is 24.3 Å². The molecular formula is C26H16F18NO5S3+. The Hall–Kier alpha value is -3.59. The lowest BCUT2D eigenvalue weighted by atomic mass is 10.1. The molecule has 0 aromatic heterocycles. The smallest absolute Gasteiger partial charge is 0.460 e. The first-order chi connectivity index (χ1) is 23.6. The van der Waals surface area contributed by atoms with E-state index in [1.54, 1.807) is 12.1 Å². The highest BCUT2D eigenvalue weighted by Gasteiger charge is 2.88. The highest BCUT2D eigenvalue weighted by molar-refractivity contribution is 8.05. The molecule has 0 atom stereocenters. The molecule has 0 unspecified atom stereocenters. The Kier molecular flexibility index (Phi) is 12.5. The van der Waals surface area contributed by atoms with Crippen LogP contribution in [0.5, 0.6) is 5.75 Å². The molecule has 0 saturated heterocycles. The Balaban J connectivity index is 0.000000408. The number of hydrogen-bond acceptors (Lipinski definition) is 5. The van der Waals surface area contributed by atoms with Crippen molar-refractivity contribution in [2.24, 2.45) is 0 Å². The minimum atomic E-state index is -8.68. The molecular weight excluding hydrogens is 844 g/mol. The first kappa shape index (κ1) is 45.6. The minimum absolute atomic E-state index is 0.134. The quantitative estimate of drug-likeness (QED) is 0.149. The molecule has 27 heteroatoms. The Morgan fingerprint density at radius 3 is 0.943 bits per heavy atom. The maximum Gasteiger partial charge on any atom is 0.460 e. The van der Waals surface area contributed by atoms with E-state index >= 15 is 0 Å². The predicted molar refractivity (Wildman–Crippen MR) is 146 cm³/mol. The van der Waals surface area contributed by atoms with Crippen LogP contribution in [-0.4, -0.2) is 68.5 Å². The van der Waals surface area contributed by atoms with Gasteiger partial charge in [-0.1, -0.05) is 40.5 Å². The maximum absolute atomic E-state index is 13.2. The molecule has 2 N–H and O–H groups in total. The second-order valence-corrected chi connectivity index (χ2v) is 15.6. The highest BCUT2D eigenvalue weighted by atomic mass is 32.3. The zero-order chi connectivity index (χ0) is 41.5. The first-order valence-corrected chi connectivity index (χ1v) is 17.1. The maximum atomic E-state index is 13.2. The largest absolute Gasteiger partial charge is 0.508 e. The van der Waals surface area contributed by atoms with Crippen molar-refractivity contribution in [1.29, 1.82) is 0 Å². The first-order valence-electron chi connectivity index (χ1n) is 12.9. The number of aromatic hydroxyl groups is 1. The van der Waals surface area contributed by atoms with Gasteiger partial charge in [0.1, 0.15) is 5.75 Å². The number of sulfonamides is 2. The number of alkyl halides is 18. The summed E-state index contributed by atoms with van der Waals surface area (Å²) in [6, 6.07) is 28.5. The van der Waals surface area contributed by atoms with Crippen molar-refractivity contribution in [2.45, 2.75) is 61.2 Å². The molecule has 3 rings (SSSR count). The fourth-order valence-electron chi connectivity index (χ4n) is 3.41. The number of benzene rings is 3. The summed E-state index contributed by atoms with van der Waals surface area (Å²) in [5.74, 6) is -32.5. The lowest BCUT2D eigenvalue weighted by molar-refractivity contribution is -0.382. The fourth-order valence-corrected chi connectivity index (χ4v) is 8.42. The van der Waals surface area contributed by atoms with Crippen molar-refractivity contribution in [2.75, 3.05) is 0 Å². The predicted octanol–water partition coefficient (Wildman–Crippen LogP) is 8.57. The molecule has 53 heavy (non-hydrogen) atoms. The van der Waals surface area contributed by atoms with Gasteiger partial charge in [0, 0.05) is 0 Å². The molecule has 0 aliphatic heterocycles. The average Bonchev–Trinajstić information content (AvgIpc) is 3.01. The van der Waals surface area contributed by atoms with E-state index in [9.17, 15) is 101 Å². The van der Waals surface area contributed by atoms with Gasteiger partial charge >= 0.3 is 46.6 Å². The van der Waals surface area contributed by atoms with Crippen LogP contribution in [0.1, 0.15) is 0 Å². The van der Waals surface area contributed by atoms with Gasteiger partial charge in [0.05, 0.1) is 10.9 Å². The summed E-state index contributed by atoms with van der Waals surface area (Å²) in [7, 11) is -17.5. The van der Waals surface area contributed by atoms with Gasteiger partial charge in [0.25, 0.3) is 20.0 Å². The molecule has 6 nitrogen and oxygen atoms in total. The van der Waals surface area contributed by atoms with Crippen molar-refractivity contribution in [3.63, 3.8) is 0 Å². The molecule has 0 radical (unpaired) electrons. The van der Waals surface area contributed by atoms with E-state index < -0.39 is 70.7 Å². The Bertz CT molecular complexity index is 1800. The number of phenolic OH excluding ortho intramolecular Hbond substituents is 1. The molecule has 0 heterocycles. The molecule has 3 aromatic rings. The second-order valence-electron chi connectivity index (χ2n) is 9.84. The van der Waals surface area contributed by atoms with Gasteiger partial charge in [-0.05, 0) is 48.5 Å². The summed E-state index contributed by atoms with van der Waals surface area (Å²) in [5, 5.41) is -6.84. The Morgan fingerprint density at radius 2 is 0.679 bits per heavy atom. The lowest BCUT2D eigenvalue weighted by Gasteiger charge is -2.34. The van der Waals surface area contributed by atoms with Crippen LogP contribution in [0.2, 0.25) is 0 Å². The summed E-state index contributed by atoms with van der Waals surface area (Å²) in [5.41, 5.74) is 0. The number of hydrogen-bond donors (Lipinski definition) is 2. The van der Waals surface area contributed by atoms with Gasteiger partial charge in [0.15, 0.2) is 14.7 Å². The van der Waals surface area contributed by atoms with Crippen LogP contribution < -0.4 is 4.13 Å². The van der Waals surface area contributed by atoms with Crippen molar-refractivity contribution in [1.82, 2.24) is 4.13 Å². The normalized spacial score (nSPS) is 14.5. The van der Waals surface area contributed by atoms with E-state index in [0.717, 1.165) is 0 Å². The number of rotatable bonds is 11. The van der Waals surface area contributed by atoms with Gasteiger partial charge in [-0.2, -0.15) is 79.0 Å². The van der Waals surface area contributed by atoms with E-state index in [1.165, 1.54) is 14.7 Å². The highest BCUT2D eigenvalue weighted by Crippen LogP contribution is 2.57. The zero-order valence-corrected chi connectivity index (χ0v) is 27.1. The number of halogens is 18. The molecule has 0 aliphatic carbocycles. The zero-order valence-electron chi connectivity index (χ0n) is 24.7. The van der Waals surface area contributed by atoms with Crippen LogP contribution in [0.3, 0.4) is 0 Å². The molecule has 0 bridgehead atoms. The van der Waals surface area contributed by atoms with Crippen LogP contribution in [0, 0.1) is 0 Å². The van der Waals surface area contributed by atoms with Gasteiger partial charge in [-0.15, -0.1) is 0 Å². The minimum Gasteiger partial charge on any atom is -0.508 e. The van der Waals surface area contributed by atoms with Crippen molar-refractivity contribution in [3.8, 4) is 5.75 Å². The second kappa shape index (κ2) is 14.6. The average molecular weight is 861 g/mol. The molecule has 0 amide bonds. The van der Waals surface area contributed by atoms with E-state index in [2.05, 4.69) is 48.5 Å². The summed E-state index contributed by atoms with van der Waals surface area (Å²) < 4.78 is 268. The van der Waals surface area contributed by atoms with Crippen LogP contribution >= 0.6 is 0 Å². The number of phenols is 1. The molecule has 0 saturated carbocycles. The fraction of sp³-hybridized carbons (Fsp3) is 0.308. The third kappa shape index (κ3) is 8.25. The van der Waals surface area contributed by atoms with E-state index in [-0.39, 0.29) is 10.9 Å².